The van der Waals surface area contributed by atoms with Gasteiger partial charge in [0, 0.05) is 0 Å². The summed E-state index contributed by atoms with van der Waals surface area (Å²) in [6.07, 6.45) is 8.86. The Morgan fingerprint density at radius 2 is 1.00 bits per heavy atom. The fourth-order valence-corrected chi connectivity index (χ4v) is 41.6. The standard InChI is InChI=1S/C4H11Si.3C4H9.Sn/c1-5(2,3)4;3*1-3-4-2;/h1H2,2-4H3;3*1,3-4H2,2H3;. The predicted octanol–water partition coefficient (Wildman–Crippen LogP) is 6.71. The van der Waals surface area contributed by atoms with Crippen LogP contribution in [0.3, 0.4) is 0 Å². The van der Waals surface area contributed by atoms with Gasteiger partial charge in [-0.2, -0.15) is 0 Å². The zero-order chi connectivity index (χ0) is 14.1. The Morgan fingerprint density at radius 1 is 0.667 bits per heavy atom. The van der Waals surface area contributed by atoms with Crippen LogP contribution in [-0.2, 0) is 0 Å². The van der Waals surface area contributed by atoms with Gasteiger partial charge in [-0.1, -0.05) is 0 Å². The number of unbranched alkanes of at least 4 members (excludes halogenated alkanes) is 3. The second kappa shape index (κ2) is 9.85. The average Bonchev–Trinajstić information content (AvgIpc) is 2.29. The Hall–Kier alpha value is 1.02. The SMILES string of the molecule is CCC[CH2][Sn]([CH2]CCC)([CH2]CCC)[CH2][Si](C)(C)C. The first-order valence-corrected chi connectivity index (χ1v) is 20.2. The van der Waals surface area contributed by atoms with E-state index < -0.39 is 26.5 Å². The van der Waals surface area contributed by atoms with E-state index in [4.69, 9.17) is 0 Å². The molecule has 0 N–H and O–H groups in total. The van der Waals surface area contributed by atoms with E-state index in [1.165, 1.54) is 38.5 Å². The molecule has 0 saturated carbocycles. The van der Waals surface area contributed by atoms with Crippen LogP contribution in [0, 0.1) is 0 Å². The molecule has 0 heterocycles. The van der Waals surface area contributed by atoms with Crippen molar-refractivity contribution in [3.8, 4) is 0 Å². The summed E-state index contributed by atoms with van der Waals surface area (Å²) in [5.41, 5.74) is 0. The maximum absolute atomic E-state index is 2.61. The van der Waals surface area contributed by atoms with Gasteiger partial charge in [0.25, 0.3) is 0 Å². The Labute approximate surface area is 122 Å². The van der Waals surface area contributed by atoms with Gasteiger partial charge < -0.3 is 0 Å². The van der Waals surface area contributed by atoms with E-state index in [0.717, 1.165) is 0 Å². The van der Waals surface area contributed by atoms with Crippen LogP contribution in [0.4, 0.5) is 0 Å². The second-order valence-corrected chi connectivity index (χ2v) is 28.9. The number of hydrogen-bond acceptors (Lipinski definition) is 0. The van der Waals surface area contributed by atoms with Crippen LogP contribution in [-0.4, -0.2) is 26.5 Å². The molecule has 0 bridgehead atoms. The molecule has 2 heteroatoms. The molecule has 0 aliphatic rings. The molecule has 0 rings (SSSR count). The van der Waals surface area contributed by atoms with Crippen molar-refractivity contribution in [2.75, 3.05) is 0 Å². The van der Waals surface area contributed by atoms with E-state index in [1.54, 1.807) is 17.4 Å². The Kier molecular flexibility index (Phi) is 10.4. The molecule has 0 fully saturated rings. The van der Waals surface area contributed by atoms with Gasteiger partial charge in [-0.15, -0.1) is 0 Å². The third kappa shape index (κ3) is 9.00. The van der Waals surface area contributed by atoms with E-state index in [2.05, 4.69) is 40.4 Å². The van der Waals surface area contributed by atoms with Crippen molar-refractivity contribution in [3.63, 3.8) is 0 Å². The van der Waals surface area contributed by atoms with Crippen LogP contribution in [0.5, 0.6) is 0 Å². The molecule has 0 aromatic rings. The van der Waals surface area contributed by atoms with Gasteiger partial charge >= 0.3 is 123 Å². The zero-order valence-electron chi connectivity index (χ0n) is 14.1. The van der Waals surface area contributed by atoms with Gasteiger partial charge in [-0.05, 0) is 0 Å². The summed E-state index contributed by atoms with van der Waals surface area (Å²) < 4.78 is 6.88. The summed E-state index contributed by atoms with van der Waals surface area (Å²) in [5.74, 6) is 0. The quantitative estimate of drug-likeness (QED) is 0.351. The molecule has 0 aliphatic heterocycles. The maximum atomic E-state index is 2.61. The monoisotopic (exact) mass is 378 g/mol. The van der Waals surface area contributed by atoms with Crippen LogP contribution >= 0.6 is 0 Å². The molecular weight excluding hydrogens is 339 g/mol. The van der Waals surface area contributed by atoms with E-state index in [1.807, 2.05) is 0 Å². The summed E-state index contributed by atoms with van der Waals surface area (Å²) in [7, 11) is -0.849. The third-order valence-corrected chi connectivity index (χ3v) is 33.5. The molecule has 0 amide bonds. The van der Waals surface area contributed by atoms with Crippen LogP contribution in [0.25, 0.3) is 0 Å². The Balaban J connectivity index is 4.73. The average molecular weight is 377 g/mol. The fraction of sp³-hybridized carbons (Fsp3) is 1.00. The van der Waals surface area contributed by atoms with Gasteiger partial charge in [0.15, 0.2) is 0 Å². The Bertz CT molecular complexity index is 174. The van der Waals surface area contributed by atoms with Crippen molar-refractivity contribution in [2.45, 2.75) is 96.3 Å². The first-order chi connectivity index (χ1) is 8.39. The molecule has 0 atom stereocenters. The molecule has 0 nitrogen and oxygen atoms in total. The molecule has 0 aromatic heterocycles. The molecule has 0 aliphatic carbocycles. The van der Waals surface area contributed by atoms with Gasteiger partial charge in [0.1, 0.15) is 0 Å². The molecule has 0 spiro atoms. The topological polar surface area (TPSA) is 0 Å². The molecule has 0 radical (unpaired) electrons. The number of hydrogen-bond donors (Lipinski definition) is 0. The van der Waals surface area contributed by atoms with E-state index in [0.29, 0.717) is 0 Å². The van der Waals surface area contributed by atoms with Gasteiger partial charge in [-0.25, -0.2) is 0 Å². The third-order valence-electron chi connectivity index (χ3n) is 4.09. The van der Waals surface area contributed by atoms with Gasteiger partial charge in [0.05, 0.1) is 0 Å². The van der Waals surface area contributed by atoms with Crippen molar-refractivity contribution in [3.05, 3.63) is 0 Å². The molecule has 0 aromatic carbocycles. The van der Waals surface area contributed by atoms with Crippen LogP contribution < -0.4 is 0 Å². The second-order valence-electron chi connectivity index (χ2n) is 7.55. The fourth-order valence-electron chi connectivity index (χ4n) is 3.42. The molecule has 18 heavy (non-hydrogen) atoms. The molecular formula is C16H38SiSn. The van der Waals surface area contributed by atoms with Gasteiger partial charge in [-0.3, -0.25) is 0 Å². The Morgan fingerprint density at radius 3 is 1.22 bits per heavy atom. The molecule has 0 saturated heterocycles. The summed E-state index contributed by atoms with van der Waals surface area (Å²) >= 11 is -1.77. The zero-order valence-corrected chi connectivity index (χ0v) is 17.9. The normalized spacial score (nSPS) is 13.0. The minimum absolute atomic E-state index is 0.849. The molecule has 0 unspecified atom stereocenters. The van der Waals surface area contributed by atoms with Gasteiger partial charge in [0.2, 0.25) is 0 Å². The van der Waals surface area contributed by atoms with Crippen LogP contribution in [0.15, 0.2) is 0 Å². The van der Waals surface area contributed by atoms with E-state index in [9.17, 15) is 0 Å². The summed E-state index contributed by atoms with van der Waals surface area (Å²) in [6, 6.07) is 0. The van der Waals surface area contributed by atoms with Crippen LogP contribution in [0.1, 0.15) is 59.3 Å². The van der Waals surface area contributed by atoms with Crippen molar-refractivity contribution < 1.29 is 0 Å². The van der Waals surface area contributed by atoms with Crippen molar-refractivity contribution in [2.24, 2.45) is 0 Å². The summed E-state index contributed by atoms with van der Waals surface area (Å²) in [6.45, 7) is 15.0. The van der Waals surface area contributed by atoms with Crippen molar-refractivity contribution >= 4 is 26.5 Å². The minimum atomic E-state index is -1.77. The van der Waals surface area contributed by atoms with Crippen molar-refractivity contribution in [1.29, 1.82) is 0 Å². The predicted molar refractivity (Wildman–Crippen MR) is 93.1 cm³/mol. The summed E-state index contributed by atoms with van der Waals surface area (Å²) in [4.78, 5) is 0. The number of rotatable bonds is 11. The summed E-state index contributed by atoms with van der Waals surface area (Å²) in [5, 5.41) is 0. The van der Waals surface area contributed by atoms with E-state index >= 15 is 0 Å². The first kappa shape index (κ1) is 19.0. The van der Waals surface area contributed by atoms with Crippen molar-refractivity contribution in [1.82, 2.24) is 0 Å². The first-order valence-electron chi connectivity index (χ1n) is 8.39. The molecule has 110 valence electrons. The van der Waals surface area contributed by atoms with Crippen LogP contribution in [0.2, 0.25) is 37.0 Å². The van der Waals surface area contributed by atoms with E-state index in [-0.39, 0.29) is 0 Å².